The maximum atomic E-state index is 12.7. The summed E-state index contributed by atoms with van der Waals surface area (Å²) in [6, 6.07) is 12.6. The van der Waals surface area contributed by atoms with E-state index in [1.807, 2.05) is 19.1 Å². The molecule has 0 unspecified atom stereocenters. The molecule has 180 valence electrons. The van der Waals surface area contributed by atoms with Crippen LogP contribution < -0.4 is 10.5 Å². The maximum absolute atomic E-state index is 12.7. The molecule has 35 heavy (non-hydrogen) atoms. The van der Waals surface area contributed by atoms with E-state index in [0.29, 0.717) is 11.3 Å². The fourth-order valence-electron chi connectivity index (χ4n) is 5.16. The Balaban J connectivity index is 1.45. The lowest BCUT2D eigenvalue weighted by atomic mass is 10.0. The van der Waals surface area contributed by atoms with Gasteiger partial charge >= 0.3 is 0 Å². The predicted molar refractivity (Wildman–Crippen MR) is 135 cm³/mol. The molecule has 0 radical (unpaired) electrons. The van der Waals surface area contributed by atoms with Crippen LogP contribution in [0.15, 0.2) is 41.3 Å². The molecule has 1 saturated heterocycles. The summed E-state index contributed by atoms with van der Waals surface area (Å²) in [6.45, 7) is 10.2. The fourth-order valence-corrected chi connectivity index (χ4v) is 5.16. The molecule has 1 aliphatic heterocycles. The largest absolute Gasteiger partial charge is 0.351 e. The number of piperazine rings is 1. The van der Waals surface area contributed by atoms with Gasteiger partial charge in [0.15, 0.2) is 0 Å². The van der Waals surface area contributed by atoms with Crippen LogP contribution in [0.1, 0.15) is 43.8 Å². The molecule has 1 fully saturated rings. The zero-order valence-electron chi connectivity index (χ0n) is 20.8. The highest BCUT2D eigenvalue weighted by Gasteiger charge is 2.34. The average molecular weight is 471 g/mol. The Labute approximate surface area is 204 Å². The number of benzene rings is 1. The van der Waals surface area contributed by atoms with Crippen molar-refractivity contribution in [3.05, 3.63) is 63.8 Å². The van der Waals surface area contributed by atoms with Crippen molar-refractivity contribution >= 4 is 22.5 Å². The molecule has 0 amide bonds. The first kappa shape index (κ1) is 23.0. The van der Waals surface area contributed by atoms with E-state index in [-0.39, 0.29) is 30.1 Å². The standard InChI is InChI=1S/C26H30N8O/c1-16-13-28-22-7-6-20(10-23(22)29-16)19(4)32-14-18(3)33(15-17(32)2)25-12-26(35)31(5)24-11-21(8-9-27)30-34(24)25/h6-7,10-13,17-19H,8,14-15H2,1-5H3/t17-,18+,19+/m1/s1. The van der Waals surface area contributed by atoms with E-state index in [9.17, 15) is 4.79 Å². The van der Waals surface area contributed by atoms with E-state index in [2.05, 4.69) is 63.8 Å². The van der Waals surface area contributed by atoms with Crippen LogP contribution in [0.25, 0.3) is 16.7 Å². The Morgan fingerprint density at radius 1 is 1.14 bits per heavy atom. The van der Waals surface area contributed by atoms with Crippen molar-refractivity contribution in [3.8, 4) is 6.07 Å². The van der Waals surface area contributed by atoms with Crippen LogP contribution in [0.4, 0.5) is 5.82 Å². The third kappa shape index (κ3) is 4.04. The van der Waals surface area contributed by atoms with Crippen LogP contribution in [0.5, 0.6) is 0 Å². The highest BCUT2D eigenvalue weighted by molar-refractivity contribution is 5.75. The van der Waals surface area contributed by atoms with Gasteiger partial charge in [-0.1, -0.05) is 6.07 Å². The van der Waals surface area contributed by atoms with E-state index in [4.69, 9.17) is 5.26 Å². The summed E-state index contributed by atoms with van der Waals surface area (Å²) in [4.78, 5) is 26.7. The molecule has 3 aromatic heterocycles. The summed E-state index contributed by atoms with van der Waals surface area (Å²) in [5, 5.41) is 13.8. The van der Waals surface area contributed by atoms with E-state index >= 15 is 0 Å². The molecule has 0 aliphatic carbocycles. The van der Waals surface area contributed by atoms with Crippen molar-refractivity contribution in [2.24, 2.45) is 7.05 Å². The fraction of sp³-hybridized carbons (Fsp3) is 0.423. The molecule has 5 rings (SSSR count). The number of hydrogen-bond donors (Lipinski definition) is 0. The monoisotopic (exact) mass is 470 g/mol. The number of nitrogens with zero attached hydrogens (tertiary/aromatic N) is 8. The van der Waals surface area contributed by atoms with Crippen LogP contribution >= 0.6 is 0 Å². The van der Waals surface area contributed by atoms with Gasteiger partial charge in [-0.05, 0) is 45.4 Å². The minimum atomic E-state index is -0.0841. The molecular formula is C26H30N8O. The van der Waals surface area contributed by atoms with Crippen LogP contribution in [-0.2, 0) is 13.5 Å². The second kappa shape index (κ2) is 8.78. The lowest BCUT2D eigenvalue weighted by Crippen LogP contribution is -2.57. The van der Waals surface area contributed by atoms with Gasteiger partial charge in [0.1, 0.15) is 11.5 Å². The van der Waals surface area contributed by atoms with Crippen molar-refractivity contribution in [2.45, 2.75) is 52.2 Å². The van der Waals surface area contributed by atoms with Gasteiger partial charge in [0, 0.05) is 56.6 Å². The van der Waals surface area contributed by atoms with Crippen LogP contribution in [0.2, 0.25) is 0 Å². The topological polar surface area (TPSA) is 95.3 Å². The van der Waals surface area contributed by atoms with Gasteiger partial charge in [-0.15, -0.1) is 0 Å². The summed E-state index contributed by atoms with van der Waals surface area (Å²) in [5.74, 6) is 0.774. The lowest BCUT2D eigenvalue weighted by Gasteiger charge is -2.47. The Kier molecular flexibility index (Phi) is 5.77. The van der Waals surface area contributed by atoms with Gasteiger partial charge in [-0.3, -0.25) is 19.2 Å². The number of nitriles is 1. The Morgan fingerprint density at radius 2 is 1.94 bits per heavy atom. The highest BCUT2D eigenvalue weighted by atomic mass is 16.1. The van der Waals surface area contributed by atoms with Crippen molar-refractivity contribution in [1.29, 1.82) is 5.26 Å². The average Bonchev–Trinajstić information content (AvgIpc) is 3.26. The SMILES string of the molecule is Cc1cnc2ccc([C@H](C)N3C[C@H](C)N(c4cc(=O)n(C)c5cc(CC#N)nn45)C[C@H]3C)cc2n1. The number of fused-ring (bicyclic) bond motifs is 2. The van der Waals surface area contributed by atoms with E-state index in [1.165, 1.54) is 5.56 Å². The zero-order chi connectivity index (χ0) is 24.9. The molecule has 0 saturated carbocycles. The van der Waals surface area contributed by atoms with Crippen LogP contribution in [-0.4, -0.2) is 54.2 Å². The molecule has 9 nitrogen and oxygen atoms in total. The van der Waals surface area contributed by atoms with E-state index in [1.54, 1.807) is 28.4 Å². The van der Waals surface area contributed by atoms with Crippen LogP contribution in [0.3, 0.4) is 0 Å². The summed E-state index contributed by atoms with van der Waals surface area (Å²) in [6.07, 6.45) is 2.01. The molecule has 3 atom stereocenters. The third-order valence-electron chi connectivity index (χ3n) is 7.14. The van der Waals surface area contributed by atoms with Gasteiger partial charge < -0.3 is 4.90 Å². The minimum Gasteiger partial charge on any atom is -0.351 e. The normalized spacial score (nSPS) is 19.8. The third-order valence-corrected chi connectivity index (χ3v) is 7.14. The second-order valence-corrected chi connectivity index (χ2v) is 9.62. The molecule has 0 N–H and O–H groups in total. The van der Waals surface area contributed by atoms with Gasteiger partial charge in [-0.2, -0.15) is 10.4 Å². The number of aromatic nitrogens is 5. The molecule has 1 aromatic carbocycles. The zero-order valence-corrected chi connectivity index (χ0v) is 20.8. The smallest absolute Gasteiger partial charge is 0.255 e. The summed E-state index contributed by atoms with van der Waals surface area (Å²) in [5.41, 5.74) is 5.23. The molecular weight excluding hydrogens is 440 g/mol. The van der Waals surface area contributed by atoms with Crippen molar-refractivity contribution in [2.75, 3.05) is 18.0 Å². The van der Waals surface area contributed by atoms with Crippen molar-refractivity contribution in [3.63, 3.8) is 0 Å². The maximum Gasteiger partial charge on any atom is 0.255 e. The quantitative estimate of drug-likeness (QED) is 0.452. The number of aryl methyl sites for hydroxylation is 2. The first-order valence-corrected chi connectivity index (χ1v) is 12.0. The summed E-state index contributed by atoms with van der Waals surface area (Å²) < 4.78 is 3.38. The Bertz CT molecular complexity index is 1510. The van der Waals surface area contributed by atoms with Gasteiger partial charge in [-0.25, -0.2) is 9.50 Å². The number of hydrogen-bond acceptors (Lipinski definition) is 7. The van der Waals surface area contributed by atoms with E-state index in [0.717, 1.165) is 35.6 Å². The van der Waals surface area contributed by atoms with Crippen molar-refractivity contribution in [1.82, 2.24) is 29.0 Å². The molecule has 0 spiro atoms. The molecule has 4 heterocycles. The molecule has 0 bridgehead atoms. The van der Waals surface area contributed by atoms with Crippen molar-refractivity contribution < 1.29 is 0 Å². The first-order chi connectivity index (χ1) is 16.8. The lowest BCUT2D eigenvalue weighted by molar-refractivity contribution is 0.119. The molecule has 1 aliphatic rings. The number of rotatable bonds is 4. The Morgan fingerprint density at radius 3 is 2.71 bits per heavy atom. The summed E-state index contributed by atoms with van der Waals surface area (Å²) >= 11 is 0. The highest BCUT2D eigenvalue weighted by Crippen LogP contribution is 2.31. The summed E-state index contributed by atoms with van der Waals surface area (Å²) in [7, 11) is 1.74. The van der Waals surface area contributed by atoms with E-state index < -0.39 is 0 Å². The van der Waals surface area contributed by atoms with Gasteiger partial charge in [0.25, 0.3) is 5.56 Å². The minimum absolute atomic E-state index is 0.0841. The van der Waals surface area contributed by atoms with Crippen LogP contribution in [0, 0.1) is 18.3 Å². The van der Waals surface area contributed by atoms with Gasteiger partial charge in [0.05, 0.1) is 34.9 Å². The molecule has 4 aromatic rings. The Hall–Kier alpha value is -3.77. The molecule has 9 heteroatoms. The second-order valence-electron chi connectivity index (χ2n) is 9.62. The van der Waals surface area contributed by atoms with Gasteiger partial charge in [0.2, 0.25) is 0 Å². The predicted octanol–water partition coefficient (Wildman–Crippen LogP) is 3.01. The number of anilines is 1. The first-order valence-electron chi connectivity index (χ1n) is 12.0.